The number of rotatable bonds is 7. The quantitative estimate of drug-likeness (QED) is 0.262. The summed E-state index contributed by atoms with van der Waals surface area (Å²) in [7, 11) is 1.73. The number of piperidine rings is 1. The van der Waals surface area contributed by atoms with Crippen molar-refractivity contribution in [2.24, 2.45) is 7.05 Å². The predicted octanol–water partition coefficient (Wildman–Crippen LogP) is 2.17. The zero-order chi connectivity index (χ0) is 31.4. The first-order valence-electron chi connectivity index (χ1n) is 15.8. The van der Waals surface area contributed by atoms with Gasteiger partial charge in [0.1, 0.15) is 11.6 Å². The number of hydrogen-bond acceptors (Lipinski definition) is 9. The van der Waals surface area contributed by atoms with E-state index in [1.165, 1.54) is 4.57 Å². The lowest BCUT2D eigenvalue weighted by Gasteiger charge is -2.53. The highest BCUT2D eigenvalue weighted by Gasteiger charge is 2.48. The van der Waals surface area contributed by atoms with E-state index in [0.29, 0.717) is 24.5 Å². The lowest BCUT2D eigenvalue weighted by atomic mass is 9.92. The number of morpholine rings is 1. The highest BCUT2D eigenvalue weighted by Crippen LogP contribution is 2.32. The molecule has 3 aliphatic heterocycles. The van der Waals surface area contributed by atoms with Crippen LogP contribution in [0.1, 0.15) is 30.9 Å². The second kappa shape index (κ2) is 11.2. The molecule has 2 amide bonds. The number of H-pyrrole nitrogens is 1. The number of carbonyl (C=O) groups is 2. The zero-order valence-electron chi connectivity index (χ0n) is 25.6. The third-order valence-electron chi connectivity index (χ3n) is 9.60. The number of aromatic amines is 1. The van der Waals surface area contributed by atoms with Gasteiger partial charge < -0.3 is 9.64 Å². The Morgan fingerprint density at radius 2 is 1.83 bits per heavy atom. The van der Waals surface area contributed by atoms with Crippen LogP contribution in [-0.4, -0.2) is 90.9 Å². The molecule has 0 aliphatic carbocycles. The van der Waals surface area contributed by atoms with E-state index >= 15 is 0 Å². The number of hydrogen-bond donors (Lipinski definition) is 2. The smallest absolute Gasteiger partial charge is 0.329 e. The van der Waals surface area contributed by atoms with Gasteiger partial charge >= 0.3 is 5.69 Å². The Kier molecular flexibility index (Phi) is 6.94. The largest absolute Gasteiger partial charge is 0.369 e. The summed E-state index contributed by atoms with van der Waals surface area (Å²) in [6.07, 6.45) is 7.96. The molecule has 8 rings (SSSR count). The van der Waals surface area contributed by atoms with Crippen LogP contribution in [0.2, 0.25) is 0 Å². The Hall–Kier alpha value is -4.88. The Bertz CT molecular complexity index is 2020. The minimum atomic E-state index is -0.676. The van der Waals surface area contributed by atoms with Crippen molar-refractivity contribution in [3.05, 3.63) is 71.0 Å². The molecule has 0 bridgehead atoms. The van der Waals surface area contributed by atoms with Gasteiger partial charge in [0.25, 0.3) is 0 Å². The van der Waals surface area contributed by atoms with Crippen LogP contribution in [0.5, 0.6) is 0 Å². The maximum absolute atomic E-state index is 13.1. The molecule has 236 valence electrons. The van der Waals surface area contributed by atoms with Crippen LogP contribution in [0.4, 0.5) is 5.95 Å². The first kappa shape index (κ1) is 28.6. The second-order valence-corrected chi connectivity index (χ2v) is 12.7. The highest BCUT2D eigenvalue weighted by atomic mass is 16.5. The third-order valence-corrected chi connectivity index (χ3v) is 9.60. The fourth-order valence-electron chi connectivity index (χ4n) is 7.15. The first-order valence-corrected chi connectivity index (χ1v) is 15.8. The molecule has 5 aromatic rings. The normalized spacial score (nSPS) is 20.0. The first-order chi connectivity index (χ1) is 22.4. The summed E-state index contributed by atoms with van der Waals surface area (Å²) in [5, 5.41) is 10.5. The molecule has 1 atom stereocenters. The minimum Gasteiger partial charge on any atom is -0.369 e. The predicted molar refractivity (Wildman–Crippen MR) is 171 cm³/mol. The van der Waals surface area contributed by atoms with Gasteiger partial charge in [0, 0.05) is 49.9 Å². The fraction of sp³-hybridized carbons (Fsp3) is 0.394. The maximum atomic E-state index is 13.1. The monoisotopic (exact) mass is 621 g/mol. The van der Waals surface area contributed by atoms with Gasteiger partial charge in [-0.15, -0.1) is 0 Å². The van der Waals surface area contributed by atoms with Gasteiger partial charge in [-0.2, -0.15) is 5.10 Å². The van der Waals surface area contributed by atoms with Crippen molar-refractivity contribution in [2.45, 2.75) is 37.3 Å². The number of amides is 2. The lowest BCUT2D eigenvalue weighted by molar-refractivity contribution is -0.135. The van der Waals surface area contributed by atoms with E-state index in [2.05, 4.69) is 47.4 Å². The number of aryl methyl sites for hydroxylation is 2. The van der Waals surface area contributed by atoms with Gasteiger partial charge in [0.2, 0.25) is 17.8 Å². The molecule has 2 aromatic carbocycles. The molecule has 3 fully saturated rings. The molecule has 1 spiro atoms. The van der Waals surface area contributed by atoms with Gasteiger partial charge in [0.05, 0.1) is 42.4 Å². The summed E-state index contributed by atoms with van der Waals surface area (Å²) in [5.41, 5.74) is 5.19. The van der Waals surface area contributed by atoms with E-state index in [9.17, 15) is 14.4 Å². The Labute approximate surface area is 264 Å². The maximum Gasteiger partial charge on any atom is 0.329 e. The molecule has 0 radical (unpaired) electrons. The SMILES string of the molecule is Cn1c(=O)n(C2CCC(=O)NC2=O)c2ccc(CCCN3CCOC4(C3)CN(c3ncc(-c5ccc6cn[nH]c6c5)cn3)C4)cc21. The standard InChI is InChI=1S/C33H35N9O4/c1-39-28-13-21(4-7-26(28)42(32(39)45)27-8-9-29(43)37-30(27)44)3-2-10-40-11-12-46-33(18-40)19-41(20-33)31-34-15-24(16-35-31)22-5-6-23-17-36-38-25(23)14-22/h4-7,13-17,27H,2-3,8-12,18-20H2,1H3,(H,36,38)(H,37,43,44). The van der Waals surface area contributed by atoms with Crippen LogP contribution in [-0.2, 0) is 27.8 Å². The van der Waals surface area contributed by atoms with E-state index in [4.69, 9.17) is 4.74 Å². The molecular weight excluding hydrogens is 586 g/mol. The third kappa shape index (κ3) is 5.05. The summed E-state index contributed by atoms with van der Waals surface area (Å²) in [6.45, 7) is 4.94. The van der Waals surface area contributed by atoms with Crippen LogP contribution < -0.4 is 15.9 Å². The van der Waals surface area contributed by atoms with Crippen LogP contribution in [0.25, 0.3) is 33.1 Å². The van der Waals surface area contributed by atoms with Crippen LogP contribution in [0, 0.1) is 0 Å². The number of nitrogens with zero attached hydrogens (tertiary/aromatic N) is 7. The van der Waals surface area contributed by atoms with Gasteiger partial charge in [0.15, 0.2) is 0 Å². The number of anilines is 1. The number of nitrogens with one attached hydrogen (secondary N) is 2. The fourth-order valence-corrected chi connectivity index (χ4v) is 7.15. The van der Waals surface area contributed by atoms with Crippen molar-refractivity contribution in [2.75, 3.05) is 44.2 Å². The highest BCUT2D eigenvalue weighted by molar-refractivity contribution is 6.00. The molecule has 46 heavy (non-hydrogen) atoms. The number of imidazole rings is 1. The Morgan fingerprint density at radius 1 is 0.978 bits per heavy atom. The molecule has 0 saturated carbocycles. The van der Waals surface area contributed by atoms with Crippen molar-refractivity contribution in [1.29, 1.82) is 0 Å². The molecule has 6 heterocycles. The summed E-state index contributed by atoms with van der Waals surface area (Å²) in [5.74, 6) is 0.00408. The average Bonchev–Trinajstić information content (AvgIpc) is 3.62. The summed E-state index contributed by atoms with van der Waals surface area (Å²) >= 11 is 0. The molecular formula is C33H35N9O4. The van der Waals surface area contributed by atoms with Crippen molar-refractivity contribution < 1.29 is 14.3 Å². The van der Waals surface area contributed by atoms with E-state index < -0.39 is 11.9 Å². The van der Waals surface area contributed by atoms with E-state index in [1.807, 2.05) is 42.9 Å². The topological polar surface area (TPSA) is 143 Å². The van der Waals surface area contributed by atoms with E-state index in [1.54, 1.807) is 11.6 Å². The molecule has 13 nitrogen and oxygen atoms in total. The number of imide groups is 1. The Morgan fingerprint density at radius 3 is 2.65 bits per heavy atom. The van der Waals surface area contributed by atoms with Crippen molar-refractivity contribution in [1.82, 2.24) is 39.5 Å². The number of aromatic nitrogens is 6. The van der Waals surface area contributed by atoms with Gasteiger partial charge in [-0.3, -0.25) is 34.0 Å². The molecule has 3 aromatic heterocycles. The number of benzene rings is 2. The molecule has 2 N–H and O–H groups in total. The molecule has 1 unspecified atom stereocenters. The number of fused-ring (bicyclic) bond motifs is 2. The van der Waals surface area contributed by atoms with Crippen LogP contribution in [0.3, 0.4) is 0 Å². The van der Waals surface area contributed by atoms with E-state index in [-0.39, 0.29) is 23.6 Å². The number of ether oxygens (including phenoxy) is 1. The van der Waals surface area contributed by atoms with Gasteiger partial charge in [-0.1, -0.05) is 18.2 Å². The van der Waals surface area contributed by atoms with Crippen molar-refractivity contribution in [3.8, 4) is 11.1 Å². The summed E-state index contributed by atoms with van der Waals surface area (Å²) in [4.78, 5) is 51.2. The van der Waals surface area contributed by atoms with Crippen molar-refractivity contribution >= 4 is 39.7 Å². The lowest BCUT2D eigenvalue weighted by Crippen LogP contribution is -2.70. The molecule has 3 aliphatic rings. The summed E-state index contributed by atoms with van der Waals surface area (Å²) < 4.78 is 9.40. The second-order valence-electron chi connectivity index (χ2n) is 12.7. The van der Waals surface area contributed by atoms with Gasteiger partial charge in [-0.25, -0.2) is 14.8 Å². The average molecular weight is 622 g/mol. The van der Waals surface area contributed by atoms with Crippen LogP contribution >= 0.6 is 0 Å². The summed E-state index contributed by atoms with van der Waals surface area (Å²) in [6, 6.07) is 11.5. The number of carbonyl (C=O) groups excluding carboxylic acids is 2. The Balaban J connectivity index is 0.867. The van der Waals surface area contributed by atoms with E-state index in [0.717, 1.165) is 78.7 Å². The minimum absolute atomic E-state index is 0.206. The molecule has 3 saturated heterocycles. The van der Waals surface area contributed by atoms with Crippen molar-refractivity contribution in [3.63, 3.8) is 0 Å². The molecule has 13 heteroatoms. The zero-order valence-corrected chi connectivity index (χ0v) is 25.6. The van der Waals surface area contributed by atoms with Gasteiger partial charge in [-0.05, 0) is 55.1 Å². The van der Waals surface area contributed by atoms with Crippen LogP contribution in [0.15, 0.2) is 59.8 Å².